The first-order valence-electron chi connectivity index (χ1n) is 13.2. The molecule has 1 aliphatic heterocycles. The van der Waals surface area contributed by atoms with Gasteiger partial charge in [-0.25, -0.2) is 0 Å². The summed E-state index contributed by atoms with van der Waals surface area (Å²) in [5, 5.41) is 13.8. The van der Waals surface area contributed by atoms with Gasteiger partial charge in [-0.3, -0.25) is 0 Å². The lowest BCUT2D eigenvalue weighted by atomic mass is 9.63. The third kappa shape index (κ3) is 3.97. The molecule has 3 aliphatic rings. The summed E-state index contributed by atoms with van der Waals surface area (Å²) in [5.74, 6) is 1.01. The van der Waals surface area contributed by atoms with E-state index in [9.17, 15) is 13.2 Å². The molecule has 7 rings (SSSR count). The number of anilines is 1. The van der Waals surface area contributed by atoms with Gasteiger partial charge in [0.15, 0.2) is 0 Å². The van der Waals surface area contributed by atoms with E-state index >= 15 is 0 Å². The monoisotopic (exact) mass is 516 g/mol. The van der Waals surface area contributed by atoms with E-state index in [1.54, 1.807) is 6.07 Å². The molecule has 2 aromatic heterocycles. The van der Waals surface area contributed by atoms with Gasteiger partial charge in [0, 0.05) is 41.2 Å². The molecule has 194 valence electrons. The molecule has 0 radical (unpaired) electrons. The van der Waals surface area contributed by atoms with E-state index in [1.807, 2.05) is 13.0 Å². The summed E-state index contributed by atoms with van der Waals surface area (Å²) in [5.41, 5.74) is 4.63. The van der Waals surface area contributed by atoms with E-state index in [2.05, 4.69) is 44.5 Å². The zero-order valence-corrected chi connectivity index (χ0v) is 21.1. The molecule has 4 aromatic rings. The van der Waals surface area contributed by atoms with Gasteiger partial charge in [0.05, 0.1) is 16.8 Å². The molecule has 2 aromatic carbocycles. The summed E-state index contributed by atoms with van der Waals surface area (Å²) >= 11 is 0. The molecule has 1 saturated heterocycles. The van der Waals surface area contributed by atoms with Crippen LogP contribution in [0.1, 0.15) is 60.6 Å². The number of alkyl halides is 3. The molecule has 3 heterocycles. The molecule has 8 heteroatoms. The van der Waals surface area contributed by atoms with E-state index in [0.717, 1.165) is 90.4 Å². The second-order valence-electron chi connectivity index (χ2n) is 11.0. The van der Waals surface area contributed by atoms with Gasteiger partial charge in [-0.05, 0) is 74.3 Å². The Morgan fingerprint density at radius 3 is 2.50 bits per heavy atom. The van der Waals surface area contributed by atoms with Crippen molar-refractivity contribution in [1.29, 1.82) is 0 Å². The molecule has 0 unspecified atom stereocenters. The lowest BCUT2D eigenvalue weighted by Crippen LogP contribution is -2.42. The fraction of sp³-hybridized carbons (Fsp3) is 0.367. The Kier molecular flexibility index (Phi) is 5.19. The van der Waals surface area contributed by atoms with Gasteiger partial charge in [-0.1, -0.05) is 35.5 Å². The molecule has 2 aliphatic carbocycles. The Balaban J connectivity index is 1.15. The molecule has 0 amide bonds. The number of halogens is 3. The first-order valence-corrected chi connectivity index (χ1v) is 13.2. The van der Waals surface area contributed by atoms with Crippen molar-refractivity contribution in [3.63, 3.8) is 0 Å². The van der Waals surface area contributed by atoms with Crippen LogP contribution in [0.2, 0.25) is 0 Å². The van der Waals surface area contributed by atoms with E-state index < -0.39 is 11.7 Å². The van der Waals surface area contributed by atoms with Gasteiger partial charge in [0.2, 0.25) is 0 Å². The van der Waals surface area contributed by atoms with Gasteiger partial charge >= 0.3 is 6.18 Å². The molecular weight excluding hydrogens is 489 g/mol. The number of fused-ring (bicyclic) bond motifs is 1. The predicted octanol–water partition coefficient (Wildman–Crippen LogP) is 7.56. The lowest BCUT2D eigenvalue weighted by molar-refractivity contribution is -0.137. The minimum atomic E-state index is -4.46. The van der Waals surface area contributed by atoms with Crippen LogP contribution in [0.5, 0.6) is 0 Å². The van der Waals surface area contributed by atoms with Gasteiger partial charge in [0.25, 0.3) is 0 Å². The molecule has 2 fully saturated rings. The molecule has 38 heavy (non-hydrogen) atoms. The number of aromatic nitrogens is 3. The standard InChI is InChI=1S/C30H27F3N4O/c1-18-14-20-8-9-22(15-25(20)35-34-18)37-12-10-29(11-13-37)16-21(17-29)26-27(36-38-28(26)19-6-7-19)23-4-2-3-5-24(23)30(31,32)33/h2-5,8-9,14-16,19H,6-7,10-13,17H2,1H3. The summed E-state index contributed by atoms with van der Waals surface area (Å²) in [7, 11) is 0. The number of benzene rings is 2. The van der Waals surface area contributed by atoms with Crippen molar-refractivity contribution in [3.05, 3.63) is 77.2 Å². The zero-order chi connectivity index (χ0) is 26.1. The van der Waals surface area contributed by atoms with E-state index in [0.29, 0.717) is 5.69 Å². The minimum absolute atomic E-state index is 0.0680. The number of piperidine rings is 1. The second kappa shape index (κ2) is 8.41. The number of aryl methyl sites for hydroxylation is 1. The normalized spacial score (nSPS) is 19.1. The molecule has 0 atom stereocenters. The average Bonchev–Trinajstić information content (AvgIpc) is 3.65. The Labute approximate surface area is 218 Å². The Morgan fingerprint density at radius 1 is 1.00 bits per heavy atom. The topological polar surface area (TPSA) is 55.1 Å². The van der Waals surface area contributed by atoms with Crippen LogP contribution in [0, 0.1) is 12.3 Å². The molecule has 1 saturated carbocycles. The summed E-state index contributed by atoms with van der Waals surface area (Å²) in [6, 6.07) is 14.1. The molecular formula is C30H27F3N4O. The molecule has 1 spiro atoms. The summed E-state index contributed by atoms with van der Waals surface area (Å²) in [6.07, 6.45) is 2.64. The van der Waals surface area contributed by atoms with Crippen molar-refractivity contribution in [2.45, 2.75) is 51.1 Å². The van der Waals surface area contributed by atoms with Gasteiger partial charge in [-0.2, -0.15) is 23.4 Å². The molecule has 0 bridgehead atoms. The van der Waals surface area contributed by atoms with Gasteiger partial charge in [-0.15, -0.1) is 0 Å². The zero-order valence-electron chi connectivity index (χ0n) is 21.1. The maximum Gasteiger partial charge on any atom is 0.417 e. The van der Waals surface area contributed by atoms with Crippen LogP contribution in [-0.2, 0) is 6.18 Å². The summed E-state index contributed by atoms with van der Waals surface area (Å²) in [6.45, 7) is 3.77. The van der Waals surface area contributed by atoms with Crippen molar-refractivity contribution < 1.29 is 17.7 Å². The Morgan fingerprint density at radius 2 is 1.76 bits per heavy atom. The quantitative estimate of drug-likeness (QED) is 0.280. The fourth-order valence-corrected chi connectivity index (χ4v) is 6.09. The maximum atomic E-state index is 13.8. The van der Waals surface area contributed by atoms with E-state index in [4.69, 9.17) is 4.52 Å². The highest BCUT2D eigenvalue weighted by molar-refractivity contribution is 5.85. The Hall–Kier alpha value is -3.68. The van der Waals surface area contributed by atoms with Crippen LogP contribution in [0.4, 0.5) is 18.9 Å². The van der Waals surface area contributed by atoms with Crippen molar-refractivity contribution >= 4 is 22.2 Å². The predicted molar refractivity (Wildman–Crippen MR) is 140 cm³/mol. The van der Waals surface area contributed by atoms with Crippen LogP contribution in [0.25, 0.3) is 27.7 Å². The second-order valence-corrected chi connectivity index (χ2v) is 11.0. The van der Waals surface area contributed by atoms with Crippen molar-refractivity contribution in [1.82, 2.24) is 15.4 Å². The first kappa shape index (κ1) is 23.4. The van der Waals surface area contributed by atoms with E-state index in [1.165, 1.54) is 12.1 Å². The number of hydrogen-bond donors (Lipinski definition) is 0. The number of rotatable bonds is 4. The first-order chi connectivity index (χ1) is 18.3. The van der Waals surface area contributed by atoms with Crippen molar-refractivity contribution in [3.8, 4) is 11.3 Å². The number of hydrogen-bond acceptors (Lipinski definition) is 5. The third-order valence-electron chi connectivity index (χ3n) is 8.32. The number of allylic oxidation sites excluding steroid dienone is 2. The van der Waals surface area contributed by atoms with Crippen LogP contribution in [0.15, 0.2) is 59.1 Å². The summed E-state index contributed by atoms with van der Waals surface area (Å²) < 4.78 is 47.2. The van der Waals surface area contributed by atoms with Gasteiger partial charge in [0.1, 0.15) is 11.5 Å². The SMILES string of the molecule is Cc1cc2ccc(N3CCC4(C=C(c5c(-c6ccccc6C(F)(F)F)noc5C5CC5)C4)CC3)cc2nn1. The number of nitrogens with zero attached hydrogens (tertiary/aromatic N) is 4. The van der Waals surface area contributed by atoms with Crippen LogP contribution in [-0.4, -0.2) is 28.4 Å². The van der Waals surface area contributed by atoms with E-state index in [-0.39, 0.29) is 16.9 Å². The third-order valence-corrected chi connectivity index (χ3v) is 8.32. The van der Waals surface area contributed by atoms with Crippen molar-refractivity contribution in [2.75, 3.05) is 18.0 Å². The van der Waals surface area contributed by atoms with Crippen molar-refractivity contribution in [2.24, 2.45) is 5.41 Å². The smallest absolute Gasteiger partial charge is 0.371 e. The fourth-order valence-electron chi connectivity index (χ4n) is 6.09. The highest BCUT2D eigenvalue weighted by atomic mass is 19.4. The molecule has 5 nitrogen and oxygen atoms in total. The van der Waals surface area contributed by atoms with Crippen LogP contribution < -0.4 is 4.90 Å². The van der Waals surface area contributed by atoms with Crippen LogP contribution >= 0.6 is 0 Å². The Bertz CT molecular complexity index is 1580. The summed E-state index contributed by atoms with van der Waals surface area (Å²) in [4.78, 5) is 2.39. The maximum absolute atomic E-state index is 13.8. The van der Waals surface area contributed by atoms with Gasteiger partial charge < -0.3 is 9.42 Å². The minimum Gasteiger partial charge on any atom is -0.371 e. The average molecular weight is 517 g/mol. The van der Waals surface area contributed by atoms with Crippen LogP contribution in [0.3, 0.4) is 0 Å². The lowest BCUT2D eigenvalue weighted by Gasteiger charge is -2.47. The largest absolute Gasteiger partial charge is 0.417 e. The molecule has 0 N–H and O–H groups in total. The highest BCUT2D eigenvalue weighted by Gasteiger charge is 2.44. The highest BCUT2D eigenvalue weighted by Crippen LogP contribution is 2.56.